The van der Waals surface area contributed by atoms with Crippen LogP contribution in [0.5, 0.6) is 5.75 Å². The second-order valence-electron chi connectivity index (χ2n) is 5.35. The van der Waals surface area contributed by atoms with Crippen LogP contribution in [0.3, 0.4) is 0 Å². The van der Waals surface area contributed by atoms with Gasteiger partial charge in [-0.1, -0.05) is 36.4 Å². The Bertz CT molecular complexity index is 734. The second-order valence-corrected chi connectivity index (χ2v) is 5.35. The Morgan fingerprint density at radius 2 is 1.76 bits per heavy atom. The van der Waals surface area contributed by atoms with E-state index in [9.17, 15) is 5.11 Å². The number of aromatic hydroxyl groups is 1. The summed E-state index contributed by atoms with van der Waals surface area (Å²) in [5, 5.41) is 15.9. The lowest BCUT2D eigenvalue weighted by Gasteiger charge is -2.20. The third-order valence-corrected chi connectivity index (χ3v) is 3.87. The Kier molecular flexibility index (Phi) is 3.67. The molecule has 0 radical (unpaired) electrons. The zero-order valence-corrected chi connectivity index (χ0v) is 12.2. The first-order valence-electron chi connectivity index (χ1n) is 7.17. The molecule has 0 spiro atoms. The number of rotatable bonds is 4. The van der Waals surface area contributed by atoms with Gasteiger partial charge in [-0.2, -0.15) is 0 Å². The lowest BCUT2D eigenvalue weighted by molar-refractivity contribution is 0.394. The molecular weight excluding hydrogens is 262 g/mol. The number of fused-ring (bicyclic) bond motifs is 1. The molecule has 0 saturated carbocycles. The van der Waals surface area contributed by atoms with E-state index in [2.05, 4.69) is 5.32 Å². The van der Waals surface area contributed by atoms with Gasteiger partial charge in [0.05, 0.1) is 12.3 Å². The van der Waals surface area contributed by atoms with Gasteiger partial charge in [0.1, 0.15) is 11.5 Å². The van der Waals surface area contributed by atoms with Crippen LogP contribution >= 0.6 is 0 Å². The Hall–Kier alpha value is -2.26. The molecular formula is C18H19NO2. The molecule has 3 heteroatoms. The molecule has 2 N–H and O–H groups in total. The van der Waals surface area contributed by atoms with E-state index in [0.717, 1.165) is 22.1 Å². The molecule has 1 aromatic heterocycles. The number of nitrogens with one attached hydrogen (secondary N) is 1. The number of hydrogen-bond acceptors (Lipinski definition) is 3. The smallest absolute Gasteiger partial charge is 0.128 e. The molecule has 2 aromatic carbocycles. The molecule has 0 saturated heterocycles. The normalized spacial score (nSPS) is 14.2. The molecule has 2 unspecified atom stereocenters. The van der Waals surface area contributed by atoms with Crippen LogP contribution in [0.15, 0.2) is 59.2 Å². The van der Waals surface area contributed by atoms with Gasteiger partial charge in [0.25, 0.3) is 0 Å². The minimum absolute atomic E-state index is 0.0229. The lowest BCUT2D eigenvalue weighted by atomic mass is 10.0. The van der Waals surface area contributed by atoms with E-state index in [4.69, 9.17) is 4.42 Å². The Morgan fingerprint density at radius 1 is 0.952 bits per heavy atom. The van der Waals surface area contributed by atoms with Crippen LogP contribution in [0.25, 0.3) is 10.8 Å². The van der Waals surface area contributed by atoms with E-state index in [0.29, 0.717) is 5.75 Å². The van der Waals surface area contributed by atoms with Gasteiger partial charge in [-0.3, -0.25) is 0 Å². The minimum atomic E-state index is 0.0229. The Morgan fingerprint density at radius 3 is 2.52 bits per heavy atom. The van der Waals surface area contributed by atoms with Crippen LogP contribution in [0.4, 0.5) is 0 Å². The maximum absolute atomic E-state index is 10.5. The molecule has 0 aliphatic carbocycles. The molecule has 108 valence electrons. The summed E-state index contributed by atoms with van der Waals surface area (Å²) in [6, 6.07) is 15.8. The molecule has 0 aliphatic rings. The molecule has 3 nitrogen and oxygen atoms in total. The van der Waals surface area contributed by atoms with Gasteiger partial charge in [0.2, 0.25) is 0 Å². The van der Waals surface area contributed by atoms with Gasteiger partial charge in [0.15, 0.2) is 0 Å². The van der Waals surface area contributed by atoms with E-state index in [1.54, 1.807) is 6.26 Å². The maximum Gasteiger partial charge on any atom is 0.128 e. The highest BCUT2D eigenvalue weighted by atomic mass is 16.3. The summed E-state index contributed by atoms with van der Waals surface area (Å²) in [7, 11) is 0. The molecule has 3 rings (SSSR count). The summed E-state index contributed by atoms with van der Waals surface area (Å²) in [6.07, 6.45) is 1.67. The van der Waals surface area contributed by atoms with Crippen molar-refractivity contribution in [3.8, 4) is 5.75 Å². The van der Waals surface area contributed by atoms with Gasteiger partial charge in [-0.05, 0) is 31.4 Å². The molecule has 3 aromatic rings. The van der Waals surface area contributed by atoms with E-state index in [1.165, 1.54) is 0 Å². The highest BCUT2D eigenvalue weighted by Crippen LogP contribution is 2.33. The van der Waals surface area contributed by atoms with E-state index in [-0.39, 0.29) is 12.1 Å². The first kappa shape index (κ1) is 13.7. The fourth-order valence-corrected chi connectivity index (χ4v) is 2.71. The second kappa shape index (κ2) is 5.62. The summed E-state index contributed by atoms with van der Waals surface area (Å²) < 4.78 is 5.41. The van der Waals surface area contributed by atoms with Crippen LogP contribution in [-0.2, 0) is 0 Å². The first-order valence-corrected chi connectivity index (χ1v) is 7.17. The third kappa shape index (κ3) is 2.65. The Labute approximate surface area is 124 Å². The van der Waals surface area contributed by atoms with Crippen molar-refractivity contribution in [1.29, 1.82) is 0 Å². The number of phenolic OH excluding ortho intramolecular Hbond substituents is 1. The minimum Gasteiger partial charge on any atom is -0.507 e. The fourth-order valence-electron chi connectivity index (χ4n) is 2.71. The van der Waals surface area contributed by atoms with Crippen molar-refractivity contribution in [3.05, 3.63) is 66.1 Å². The van der Waals surface area contributed by atoms with Gasteiger partial charge in [-0.15, -0.1) is 0 Å². The van der Waals surface area contributed by atoms with Crippen molar-refractivity contribution in [2.24, 2.45) is 0 Å². The first-order chi connectivity index (χ1) is 10.2. The molecule has 0 amide bonds. The zero-order valence-electron chi connectivity index (χ0n) is 12.2. The van der Waals surface area contributed by atoms with Crippen LogP contribution in [0, 0.1) is 0 Å². The van der Waals surface area contributed by atoms with Crippen molar-refractivity contribution in [3.63, 3.8) is 0 Å². The van der Waals surface area contributed by atoms with Crippen molar-refractivity contribution in [2.75, 3.05) is 0 Å². The molecule has 0 fully saturated rings. The number of benzene rings is 2. The van der Waals surface area contributed by atoms with Crippen LogP contribution in [-0.4, -0.2) is 5.11 Å². The molecule has 2 atom stereocenters. The SMILES string of the molecule is CC(NC(C)c1ccc2ccccc2c1O)c1ccco1. The molecule has 1 heterocycles. The summed E-state index contributed by atoms with van der Waals surface area (Å²) >= 11 is 0. The van der Waals surface area contributed by atoms with E-state index in [1.807, 2.05) is 62.4 Å². The van der Waals surface area contributed by atoms with Crippen molar-refractivity contribution < 1.29 is 9.52 Å². The highest BCUT2D eigenvalue weighted by Gasteiger charge is 2.16. The highest BCUT2D eigenvalue weighted by molar-refractivity contribution is 5.89. The summed E-state index contributed by atoms with van der Waals surface area (Å²) in [6.45, 7) is 4.09. The van der Waals surface area contributed by atoms with E-state index >= 15 is 0 Å². The molecule has 0 aliphatic heterocycles. The number of phenols is 1. The Balaban J connectivity index is 1.87. The predicted molar refractivity (Wildman–Crippen MR) is 84.3 cm³/mol. The quantitative estimate of drug-likeness (QED) is 0.737. The monoisotopic (exact) mass is 281 g/mol. The van der Waals surface area contributed by atoms with E-state index < -0.39 is 0 Å². The van der Waals surface area contributed by atoms with Crippen molar-refractivity contribution in [2.45, 2.75) is 25.9 Å². The van der Waals surface area contributed by atoms with Crippen molar-refractivity contribution in [1.82, 2.24) is 5.32 Å². The lowest BCUT2D eigenvalue weighted by Crippen LogP contribution is -2.22. The largest absolute Gasteiger partial charge is 0.507 e. The molecule has 0 bridgehead atoms. The summed E-state index contributed by atoms with van der Waals surface area (Å²) in [4.78, 5) is 0. The summed E-state index contributed by atoms with van der Waals surface area (Å²) in [5.74, 6) is 1.24. The average molecular weight is 281 g/mol. The predicted octanol–water partition coefficient (Wildman–Crippen LogP) is 4.55. The van der Waals surface area contributed by atoms with Crippen molar-refractivity contribution >= 4 is 10.8 Å². The van der Waals surface area contributed by atoms with Gasteiger partial charge in [-0.25, -0.2) is 0 Å². The fraction of sp³-hybridized carbons (Fsp3) is 0.222. The summed E-state index contributed by atoms with van der Waals surface area (Å²) in [5.41, 5.74) is 0.895. The standard InChI is InChI=1S/C18H19NO2/c1-12(19-13(2)17-8-5-11-21-17)15-10-9-14-6-3-4-7-16(14)18(15)20/h3-13,19-20H,1-2H3. The third-order valence-electron chi connectivity index (χ3n) is 3.87. The van der Waals surface area contributed by atoms with Gasteiger partial charge < -0.3 is 14.8 Å². The van der Waals surface area contributed by atoms with Crippen LogP contribution < -0.4 is 5.32 Å². The van der Waals surface area contributed by atoms with Gasteiger partial charge >= 0.3 is 0 Å². The van der Waals surface area contributed by atoms with Crippen LogP contribution in [0.2, 0.25) is 0 Å². The van der Waals surface area contributed by atoms with Crippen LogP contribution in [0.1, 0.15) is 37.3 Å². The average Bonchev–Trinajstić information content (AvgIpc) is 3.02. The topological polar surface area (TPSA) is 45.4 Å². The molecule has 21 heavy (non-hydrogen) atoms. The zero-order chi connectivity index (χ0) is 14.8. The maximum atomic E-state index is 10.5. The van der Waals surface area contributed by atoms with Gasteiger partial charge in [0, 0.05) is 17.0 Å². The number of hydrogen-bond donors (Lipinski definition) is 2. The number of furan rings is 1.